The van der Waals surface area contributed by atoms with Crippen LogP contribution in [0.3, 0.4) is 0 Å². The minimum absolute atomic E-state index is 0.0726. The molecule has 1 saturated carbocycles. The topological polar surface area (TPSA) is 43.4 Å². The van der Waals surface area contributed by atoms with Crippen molar-refractivity contribution in [1.82, 2.24) is 0 Å². The van der Waals surface area contributed by atoms with Crippen LogP contribution in [0, 0.1) is 11.3 Å². The highest BCUT2D eigenvalue weighted by Crippen LogP contribution is 2.58. The highest BCUT2D eigenvalue weighted by Gasteiger charge is 2.55. The van der Waals surface area contributed by atoms with E-state index < -0.39 is 5.41 Å². The molecule has 3 nitrogen and oxygen atoms in total. The van der Waals surface area contributed by atoms with E-state index in [1.54, 1.807) is 0 Å². The molecule has 98 valence electrons. The zero-order valence-electron chi connectivity index (χ0n) is 11.0. The van der Waals surface area contributed by atoms with Crippen LogP contribution in [-0.2, 0) is 14.3 Å². The largest absolute Gasteiger partial charge is 0.465 e. The monoisotopic (exact) mass is 248 g/mol. The average molecular weight is 248 g/mol. The van der Waals surface area contributed by atoms with Gasteiger partial charge in [0.2, 0.25) is 0 Å². The summed E-state index contributed by atoms with van der Waals surface area (Å²) in [5, 5.41) is 0. The predicted octanol–water partition coefficient (Wildman–Crippen LogP) is 2.79. The fourth-order valence-corrected chi connectivity index (χ4v) is 4.17. The number of hydrogen-bond acceptors (Lipinski definition) is 3. The third kappa shape index (κ3) is 1.49. The molecule has 2 atom stereocenters. The van der Waals surface area contributed by atoms with Gasteiger partial charge in [-0.15, -0.1) is 0 Å². The SMILES string of the molecule is CCOC(=O)[C@@]12CCCCC3=C1[C@@H](CC2)CC3=O. The molecule has 0 unspecified atom stereocenters. The number of ketones is 1. The number of carbonyl (C=O) groups excluding carboxylic acids is 2. The lowest BCUT2D eigenvalue weighted by atomic mass is 9.77. The van der Waals surface area contributed by atoms with Gasteiger partial charge in [0.25, 0.3) is 0 Å². The predicted molar refractivity (Wildman–Crippen MR) is 66.9 cm³/mol. The van der Waals surface area contributed by atoms with Gasteiger partial charge in [-0.1, -0.05) is 6.42 Å². The summed E-state index contributed by atoms with van der Waals surface area (Å²) in [6, 6.07) is 0. The third-order valence-corrected chi connectivity index (χ3v) is 4.88. The molecular formula is C15H20O3. The lowest BCUT2D eigenvalue weighted by Crippen LogP contribution is -2.32. The first-order valence-corrected chi connectivity index (χ1v) is 7.13. The van der Waals surface area contributed by atoms with Crippen LogP contribution in [-0.4, -0.2) is 18.4 Å². The summed E-state index contributed by atoms with van der Waals surface area (Å²) >= 11 is 0. The van der Waals surface area contributed by atoms with Crippen LogP contribution in [0.4, 0.5) is 0 Å². The fraction of sp³-hybridized carbons (Fsp3) is 0.733. The maximum atomic E-state index is 12.4. The van der Waals surface area contributed by atoms with Gasteiger partial charge in [0, 0.05) is 6.42 Å². The minimum Gasteiger partial charge on any atom is -0.465 e. The quantitative estimate of drug-likeness (QED) is 0.706. The number of hydrogen-bond donors (Lipinski definition) is 0. The van der Waals surface area contributed by atoms with Crippen LogP contribution in [0.2, 0.25) is 0 Å². The summed E-state index contributed by atoms with van der Waals surface area (Å²) in [5.41, 5.74) is 1.74. The van der Waals surface area contributed by atoms with Gasteiger partial charge in [0.05, 0.1) is 12.0 Å². The number of Topliss-reactive ketones (excluding diaryl/α,β-unsaturated/α-hetero) is 1. The van der Waals surface area contributed by atoms with Crippen molar-refractivity contribution in [2.75, 3.05) is 6.61 Å². The first-order valence-electron chi connectivity index (χ1n) is 7.13. The molecule has 3 aliphatic carbocycles. The molecule has 3 aliphatic rings. The van der Waals surface area contributed by atoms with E-state index in [0.717, 1.165) is 44.1 Å². The molecule has 0 spiro atoms. The lowest BCUT2D eigenvalue weighted by Gasteiger charge is -2.28. The van der Waals surface area contributed by atoms with E-state index in [2.05, 4.69) is 0 Å². The Morgan fingerprint density at radius 2 is 2.22 bits per heavy atom. The molecule has 0 aromatic rings. The Hall–Kier alpha value is -1.12. The maximum Gasteiger partial charge on any atom is 0.316 e. The molecule has 1 fully saturated rings. The van der Waals surface area contributed by atoms with Gasteiger partial charge < -0.3 is 4.74 Å². The fourth-order valence-electron chi connectivity index (χ4n) is 4.17. The van der Waals surface area contributed by atoms with E-state index in [4.69, 9.17) is 4.74 Å². The Bertz CT molecular complexity index is 435. The molecule has 3 heteroatoms. The summed E-state index contributed by atoms with van der Waals surface area (Å²) in [6.07, 6.45) is 6.36. The summed E-state index contributed by atoms with van der Waals surface area (Å²) in [4.78, 5) is 24.5. The van der Waals surface area contributed by atoms with E-state index in [1.165, 1.54) is 5.57 Å². The van der Waals surface area contributed by atoms with Crippen molar-refractivity contribution < 1.29 is 14.3 Å². The zero-order chi connectivity index (χ0) is 12.8. The highest BCUT2D eigenvalue weighted by atomic mass is 16.5. The van der Waals surface area contributed by atoms with Crippen LogP contribution in [0.1, 0.15) is 51.9 Å². The van der Waals surface area contributed by atoms with Crippen LogP contribution in [0.15, 0.2) is 11.1 Å². The third-order valence-electron chi connectivity index (χ3n) is 4.88. The number of esters is 1. The van der Waals surface area contributed by atoms with Crippen molar-refractivity contribution in [1.29, 1.82) is 0 Å². The van der Waals surface area contributed by atoms with Crippen molar-refractivity contribution in [2.24, 2.45) is 11.3 Å². The smallest absolute Gasteiger partial charge is 0.316 e. The number of ether oxygens (including phenoxy) is 1. The van der Waals surface area contributed by atoms with Crippen molar-refractivity contribution in [3.8, 4) is 0 Å². The highest BCUT2D eigenvalue weighted by molar-refractivity contribution is 6.01. The van der Waals surface area contributed by atoms with Gasteiger partial charge in [-0.25, -0.2) is 0 Å². The van der Waals surface area contributed by atoms with Gasteiger partial charge in [-0.2, -0.15) is 0 Å². The van der Waals surface area contributed by atoms with Crippen LogP contribution in [0.5, 0.6) is 0 Å². The lowest BCUT2D eigenvalue weighted by molar-refractivity contribution is -0.153. The standard InChI is InChI=1S/C15H20O3/c1-2-18-14(17)15-7-4-3-5-11-12(16)9-10(6-8-15)13(11)15/h10H,2-9H2,1H3/t10-,15+/m0/s1. The van der Waals surface area contributed by atoms with Gasteiger partial charge >= 0.3 is 5.97 Å². The van der Waals surface area contributed by atoms with Crippen molar-refractivity contribution >= 4 is 11.8 Å². The van der Waals surface area contributed by atoms with E-state index in [1.807, 2.05) is 6.92 Å². The maximum absolute atomic E-state index is 12.4. The molecule has 0 bridgehead atoms. The molecule has 3 rings (SSSR count). The summed E-state index contributed by atoms with van der Waals surface area (Å²) in [6.45, 7) is 2.29. The second kappa shape index (κ2) is 4.22. The van der Waals surface area contributed by atoms with Crippen LogP contribution >= 0.6 is 0 Å². The molecule has 0 amide bonds. The number of carbonyl (C=O) groups is 2. The molecule has 0 aromatic carbocycles. The van der Waals surface area contributed by atoms with Crippen LogP contribution < -0.4 is 0 Å². The summed E-state index contributed by atoms with van der Waals surface area (Å²) < 4.78 is 5.32. The molecule has 0 N–H and O–H groups in total. The van der Waals surface area contributed by atoms with Crippen molar-refractivity contribution in [3.63, 3.8) is 0 Å². The Morgan fingerprint density at radius 1 is 1.39 bits per heavy atom. The van der Waals surface area contributed by atoms with Gasteiger partial charge in [0.15, 0.2) is 5.78 Å². The van der Waals surface area contributed by atoms with Gasteiger partial charge in [-0.05, 0) is 56.1 Å². The molecule has 0 heterocycles. The summed E-state index contributed by atoms with van der Waals surface area (Å²) in [5.74, 6) is 0.567. The zero-order valence-corrected chi connectivity index (χ0v) is 11.0. The molecule has 0 aliphatic heterocycles. The van der Waals surface area contributed by atoms with Crippen LogP contribution in [0.25, 0.3) is 0 Å². The number of allylic oxidation sites excluding steroid dienone is 1. The average Bonchev–Trinajstić information content (AvgIpc) is 2.77. The molecule has 0 aromatic heterocycles. The Morgan fingerprint density at radius 3 is 3.00 bits per heavy atom. The molecule has 0 radical (unpaired) electrons. The second-order valence-electron chi connectivity index (χ2n) is 5.76. The minimum atomic E-state index is -0.432. The summed E-state index contributed by atoms with van der Waals surface area (Å²) in [7, 11) is 0. The first kappa shape index (κ1) is 11.9. The van der Waals surface area contributed by atoms with Crippen molar-refractivity contribution in [2.45, 2.75) is 51.9 Å². The van der Waals surface area contributed by atoms with E-state index in [-0.39, 0.29) is 5.97 Å². The number of rotatable bonds is 2. The van der Waals surface area contributed by atoms with Gasteiger partial charge in [0.1, 0.15) is 0 Å². The second-order valence-corrected chi connectivity index (χ2v) is 5.76. The molecule has 18 heavy (non-hydrogen) atoms. The molecular weight excluding hydrogens is 228 g/mol. The Balaban J connectivity index is 2.06. The van der Waals surface area contributed by atoms with E-state index in [9.17, 15) is 9.59 Å². The first-order chi connectivity index (χ1) is 8.69. The molecule has 0 saturated heterocycles. The van der Waals surface area contributed by atoms with E-state index in [0.29, 0.717) is 24.7 Å². The van der Waals surface area contributed by atoms with Crippen molar-refractivity contribution in [3.05, 3.63) is 11.1 Å². The Labute approximate surface area is 108 Å². The normalized spacial score (nSPS) is 34.5. The Kier molecular flexibility index (Phi) is 2.80. The van der Waals surface area contributed by atoms with E-state index >= 15 is 0 Å². The van der Waals surface area contributed by atoms with Gasteiger partial charge in [-0.3, -0.25) is 9.59 Å².